The van der Waals surface area contributed by atoms with Gasteiger partial charge in [-0.05, 0) is 62.6 Å². The predicted molar refractivity (Wildman–Crippen MR) is 121 cm³/mol. The summed E-state index contributed by atoms with van der Waals surface area (Å²) in [6, 6.07) is 19.6. The van der Waals surface area contributed by atoms with E-state index in [2.05, 4.69) is 25.1 Å². The Morgan fingerprint density at radius 1 is 0.968 bits per heavy atom. The third-order valence-electron chi connectivity index (χ3n) is 5.23. The topological polar surface area (TPSA) is 57.9 Å². The third kappa shape index (κ3) is 4.82. The maximum absolute atomic E-state index is 12.3. The first-order valence-corrected chi connectivity index (χ1v) is 10.4. The van der Waals surface area contributed by atoms with Crippen LogP contribution >= 0.6 is 0 Å². The Morgan fingerprint density at radius 2 is 1.81 bits per heavy atom. The molecule has 0 aliphatic rings. The van der Waals surface area contributed by atoms with Crippen LogP contribution in [-0.2, 0) is 16.0 Å². The Hall–Kier alpha value is -3.47. The molecule has 5 heteroatoms. The average Bonchev–Trinajstić information content (AvgIpc) is 3.13. The zero-order valence-corrected chi connectivity index (χ0v) is 18.0. The Bertz CT molecular complexity index is 1210. The van der Waals surface area contributed by atoms with Crippen LogP contribution in [0.1, 0.15) is 24.5 Å². The fraction of sp³-hybridized carbons (Fsp3) is 0.269. The molecule has 0 saturated heterocycles. The first kappa shape index (κ1) is 20.8. The predicted octanol–water partition coefficient (Wildman–Crippen LogP) is 5.85. The van der Waals surface area contributed by atoms with E-state index in [1.165, 1.54) is 11.1 Å². The summed E-state index contributed by atoms with van der Waals surface area (Å²) in [5, 5.41) is 1.89. The Kier molecular flexibility index (Phi) is 6.12. The summed E-state index contributed by atoms with van der Waals surface area (Å²) in [6.07, 6.45) is 0.951. The summed E-state index contributed by atoms with van der Waals surface area (Å²) in [5.41, 5.74) is 3.98. The quantitative estimate of drug-likeness (QED) is 0.265. The van der Waals surface area contributed by atoms with Crippen molar-refractivity contribution < 1.29 is 23.4 Å². The molecule has 4 aromatic rings. The molecule has 160 valence electrons. The first-order chi connectivity index (χ1) is 15.0. The van der Waals surface area contributed by atoms with Gasteiger partial charge in [0.1, 0.15) is 22.7 Å². The summed E-state index contributed by atoms with van der Waals surface area (Å²) in [5.74, 6) is 0.961. The van der Waals surface area contributed by atoms with Gasteiger partial charge in [-0.2, -0.15) is 0 Å². The van der Waals surface area contributed by atoms with Crippen LogP contribution < -0.4 is 9.47 Å². The highest BCUT2D eigenvalue weighted by atomic mass is 16.6. The molecule has 5 nitrogen and oxygen atoms in total. The van der Waals surface area contributed by atoms with Gasteiger partial charge in [0, 0.05) is 16.8 Å². The van der Waals surface area contributed by atoms with Crippen molar-refractivity contribution >= 4 is 27.9 Å². The van der Waals surface area contributed by atoms with Crippen LogP contribution in [0.2, 0.25) is 0 Å². The van der Waals surface area contributed by atoms with E-state index in [0.717, 1.165) is 40.5 Å². The fourth-order valence-corrected chi connectivity index (χ4v) is 3.62. The molecular weight excluding hydrogens is 392 g/mol. The van der Waals surface area contributed by atoms with Crippen LogP contribution in [0.5, 0.6) is 11.5 Å². The molecule has 1 atom stereocenters. The van der Waals surface area contributed by atoms with Gasteiger partial charge in [0.2, 0.25) is 0 Å². The van der Waals surface area contributed by atoms with Crippen molar-refractivity contribution in [2.45, 2.75) is 32.8 Å². The van der Waals surface area contributed by atoms with Crippen molar-refractivity contribution in [1.29, 1.82) is 0 Å². The minimum absolute atomic E-state index is 0.369. The lowest BCUT2D eigenvalue weighted by molar-refractivity contribution is -0.151. The highest BCUT2D eigenvalue weighted by molar-refractivity contribution is 6.05. The minimum Gasteiger partial charge on any atom is -0.497 e. The fourth-order valence-electron chi connectivity index (χ4n) is 3.62. The number of hydrogen-bond acceptors (Lipinski definition) is 5. The number of esters is 1. The molecular formula is C26H26O5. The number of aryl methyl sites for hydroxylation is 2. The van der Waals surface area contributed by atoms with Crippen molar-refractivity contribution in [2.24, 2.45) is 0 Å². The molecule has 0 aliphatic heterocycles. The number of carbonyl (C=O) groups excluding carboxylic acids is 1. The normalized spacial score (nSPS) is 12.1. The molecule has 0 radical (unpaired) electrons. The van der Waals surface area contributed by atoms with Crippen LogP contribution in [0, 0.1) is 6.92 Å². The summed E-state index contributed by atoms with van der Waals surface area (Å²) in [4.78, 5) is 12.3. The highest BCUT2D eigenvalue weighted by Gasteiger charge is 2.17. The van der Waals surface area contributed by atoms with Crippen LogP contribution in [0.4, 0.5) is 0 Å². The lowest BCUT2D eigenvalue weighted by Crippen LogP contribution is -2.26. The monoisotopic (exact) mass is 418 g/mol. The van der Waals surface area contributed by atoms with Gasteiger partial charge < -0.3 is 18.6 Å². The number of hydrogen-bond donors (Lipinski definition) is 0. The second-order valence-corrected chi connectivity index (χ2v) is 7.64. The lowest BCUT2D eigenvalue weighted by atomic mass is 10.1. The van der Waals surface area contributed by atoms with Gasteiger partial charge in [0.25, 0.3) is 0 Å². The highest BCUT2D eigenvalue weighted by Crippen LogP contribution is 2.33. The first-order valence-electron chi connectivity index (χ1n) is 10.4. The van der Waals surface area contributed by atoms with Crippen LogP contribution in [0.3, 0.4) is 0 Å². The SMILES string of the molecule is COc1ccc2c(c1)oc1ccc(OC(C)C(=O)OCCCc3cccc(C)c3)cc12. The maximum Gasteiger partial charge on any atom is 0.347 e. The summed E-state index contributed by atoms with van der Waals surface area (Å²) in [6.45, 7) is 4.14. The van der Waals surface area contributed by atoms with E-state index in [1.807, 2.05) is 36.4 Å². The van der Waals surface area contributed by atoms with Gasteiger partial charge in [-0.15, -0.1) is 0 Å². The van der Waals surface area contributed by atoms with E-state index in [1.54, 1.807) is 20.1 Å². The Balaban J connectivity index is 1.35. The standard InChI is InChI=1S/C26H26O5/c1-17-6-4-7-19(14-17)8-5-13-29-26(27)18(2)30-21-10-12-24-23(15-21)22-11-9-20(28-3)16-25(22)31-24/h4,6-7,9-12,14-16,18H,5,8,13H2,1-3H3. The minimum atomic E-state index is -0.699. The second-order valence-electron chi connectivity index (χ2n) is 7.64. The lowest BCUT2D eigenvalue weighted by Gasteiger charge is -2.14. The zero-order chi connectivity index (χ0) is 21.8. The van der Waals surface area contributed by atoms with E-state index >= 15 is 0 Å². The van der Waals surface area contributed by atoms with Crippen molar-refractivity contribution in [3.05, 3.63) is 71.8 Å². The molecule has 1 aromatic heterocycles. The number of fused-ring (bicyclic) bond motifs is 3. The molecule has 3 aromatic carbocycles. The average molecular weight is 418 g/mol. The molecule has 31 heavy (non-hydrogen) atoms. The van der Waals surface area contributed by atoms with Gasteiger partial charge in [-0.3, -0.25) is 0 Å². The Morgan fingerprint density at radius 3 is 2.61 bits per heavy atom. The molecule has 0 N–H and O–H groups in total. The molecule has 0 spiro atoms. The number of ether oxygens (including phenoxy) is 3. The van der Waals surface area contributed by atoms with Crippen LogP contribution in [0.25, 0.3) is 21.9 Å². The van der Waals surface area contributed by atoms with E-state index in [9.17, 15) is 4.79 Å². The van der Waals surface area contributed by atoms with Gasteiger partial charge in [-0.25, -0.2) is 4.79 Å². The van der Waals surface area contributed by atoms with Crippen LogP contribution in [0.15, 0.2) is 65.1 Å². The van der Waals surface area contributed by atoms with E-state index in [-0.39, 0.29) is 5.97 Å². The summed E-state index contributed by atoms with van der Waals surface area (Å²) < 4.78 is 22.4. The van der Waals surface area contributed by atoms with Crippen molar-refractivity contribution in [3.8, 4) is 11.5 Å². The molecule has 0 fully saturated rings. The number of carbonyl (C=O) groups is 1. The maximum atomic E-state index is 12.3. The van der Waals surface area contributed by atoms with Crippen LogP contribution in [-0.4, -0.2) is 25.8 Å². The van der Waals surface area contributed by atoms with E-state index in [4.69, 9.17) is 18.6 Å². The van der Waals surface area contributed by atoms with Gasteiger partial charge in [0.05, 0.1) is 13.7 Å². The van der Waals surface area contributed by atoms with E-state index < -0.39 is 6.10 Å². The summed E-state index contributed by atoms with van der Waals surface area (Å²) in [7, 11) is 1.62. The third-order valence-corrected chi connectivity index (χ3v) is 5.23. The molecule has 1 unspecified atom stereocenters. The molecule has 4 rings (SSSR count). The number of furan rings is 1. The number of benzene rings is 3. The van der Waals surface area contributed by atoms with Crippen molar-refractivity contribution in [2.75, 3.05) is 13.7 Å². The number of methoxy groups -OCH3 is 1. The van der Waals surface area contributed by atoms with Crippen molar-refractivity contribution in [1.82, 2.24) is 0 Å². The summed E-state index contributed by atoms with van der Waals surface area (Å²) >= 11 is 0. The Labute approximate surface area is 181 Å². The van der Waals surface area contributed by atoms with Gasteiger partial charge >= 0.3 is 5.97 Å². The molecule has 0 aliphatic carbocycles. The molecule has 0 bridgehead atoms. The van der Waals surface area contributed by atoms with Gasteiger partial charge in [-0.1, -0.05) is 29.8 Å². The zero-order valence-electron chi connectivity index (χ0n) is 18.0. The molecule has 1 heterocycles. The second kappa shape index (κ2) is 9.13. The smallest absolute Gasteiger partial charge is 0.347 e. The van der Waals surface area contributed by atoms with Crippen molar-refractivity contribution in [3.63, 3.8) is 0 Å². The van der Waals surface area contributed by atoms with Gasteiger partial charge in [0.15, 0.2) is 6.10 Å². The van der Waals surface area contributed by atoms with E-state index in [0.29, 0.717) is 12.4 Å². The molecule has 0 amide bonds. The largest absolute Gasteiger partial charge is 0.497 e. The molecule has 0 saturated carbocycles. The number of rotatable bonds is 8.